The molecule has 1 saturated heterocycles. The largest absolute Gasteiger partial charge is 0.405 e. The van der Waals surface area contributed by atoms with Gasteiger partial charge in [0.25, 0.3) is 0 Å². The molecule has 0 bridgehead atoms. The fourth-order valence-electron chi connectivity index (χ4n) is 3.69. The van der Waals surface area contributed by atoms with Crippen LogP contribution in [0, 0.1) is 5.92 Å². The van der Waals surface area contributed by atoms with E-state index in [1.807, 2.05) is 0 Å². The molecular formula is C13H23F3N2O. The molecule has 0 aromatic rings. The number of piperidine rings is 1. The van der Waals surface area contributed by atoms with Gasteiger partial charge in [0.15, 0.2) is 0 Å². The van der Waals surface area contributed by atoms with Gasteiger partial charge in [0, 0.05) is 25.0 Å². The van der Waals surface area contributed by atoms with E-state index in [-0.39, 0.29) is 12.5 Å². The summed E-state index contributed by atoms with van der Waals surface area (Å²) in [7, 11) is 0. The van der Waals surface area contributed by atoms with Crippen LogP contribution in [0.25, 0.3) is 0 Å². The highest BCUT2D eigenvalue weighted by molar-refractivity contribution is 4.99. The number of alkyl halides is 3. The highest BCUT2D eigenvalue weighted by Gasteiger charge is 2.51. The van der Waals surface area contributed by atoms with Crippen LogP contribution in [0.2, 0.25) is 0 Å². The van der Waals surface area contributed by atoms with Crippen LogP contribution in [0.5, 0.6) is 0 Å². The van der Waals surface area contributed by atoms with Crippen LogP contribution in [-0.4, -0.2) is 47.0 Å². The van der Waals surface area contributed by atoms with E-state index in [1.54, 1.807) is 0 Å². The second-order valence-electron chi connectivity index (χ2n) is 6.14. The molecule has 4 atom stereocenters. The van der Waals surface area contributed by atoms with Gasteiger partial charge in [-0.25, -0.2) is 0 Å². The van der Waals surface area contributed by atoms with Crippen LogP contribution in [0.15, 0.2) is 0 Å². The Bertz CT molecular complexity index is 322. The average molecular weight is 280 g/mol. The summed E-state index contributed by atoms with van der Waals surface area (Å²) in [6.07, 6.45) is -0.370. The van der Waals surface area contributed by atoms with E-state index < -0.39 is 23.9 Å². The van der Waals surface area contributed by atoms with Crippen molar-refractivity contribution in [3.8, 4) is 0 Å². The van der Waals surface area contributed by atoms with Crippen molar-refractivity contribution in [3.63, 3.8) is 0 Å². The number of likely N-dealkylation sites (tertiary alicyclic amines) is 1. The third kappa shape index (κ3) is 3.06. The van der Waals surface area contributed by atoms with Gasteiger partial charge in [-0.15, -0.1) is 0 Å². The van der Waals surface area contributed by atoms with Crippen molar-refractivity contribution in [1.82, 2.24) is 4.90 Å². The summed E-state index contributed by atoms with van der Waals surface area (Å²) in [4.78, 5) is 1.43. The Morgan fingerprint density at radius 2 is 2.00 bits per heavy atom. The maximum atomic E-state index is 13.1. The first kappa shape index (κ1) is 15.1. The van der Waals surface area contributed by atoms with E-state index in [0.717, 1.165) is 25.7 Å². The Morgan fingerprint density at radius 3 is 2.58 bits per heavy atom. The molecule has 0 radical (unpaired) electrons. The molecule has 6 heteroatoms. The van der Waals surface area contributed by atoms with Crippen molar-refractivity contribution >= 4 is 0 Å². The number of aliphatic hydroxyl groups is 1. The molecule has 1 heterocycles. The van der Waals surface area contributed by atoms with E-state index in [0.29, 0.717) is 13.0 Å². The molecule has 2 aliphatic rings. The zero-order valence-corrected chi connectivity index (χ0v) is 11.3. The van der Waals surface area contributed by atoms with Crippen LogP contribution in [0.4, 0.5) is 13.2 Å². The van der Waals surface area contributed by atoms with E-state index in [2.05, 4.69) is 0 Å². The second-order valence-corrected chi connectivity index (χ2v) is 6.14. The van der Waals surface area contributed by atoms with Gasteiger partial charge in [-0.3, -0.25) is 4.90 Å². The third-order valence-corrected chi connectivity index (χ3v) is 4.69. The first-order chi connectivity index (χ1) is 8.74. The van der Waals surface area contributed by atoms with Crippen molar-refractivity contribution in [2.75, 3.05) is 13.1 Å². The highest BCUT2D eigenvalue weighted by Crippen LogP contribution is 2.41. The lowest BCUT2D eigenvalue weighted by molar-refractivity contribution is -0.205. The van der Waals surface area contributed by atoms with Gasteiger partial charge < -0.3 is 10.8 Å². The topological polar surface area (TPSA) is 49.5 Å². The molecule has 0 aromatic carbocycles. The maximum Gasteiger partial charge on any atom is 0.405 e. The summed E-state index contributed by atoms with van der Waals surface area (Å²) in [6, 6.07) is -2.55. The number of halogens is 3. The van der Waals surface area contributed by atoms with Gasteiger partial charge in [-0.1, -0.05) is 12.8 Å². The summed E-state index contributed by atoms with van der Waals surface area (Å²) in [6.45, 7) is 1.99. The molecule has 1 aliphatic heterocycles. The van der Waals surface area contributed by atoms with E-state index in [9.17, 15) is 18.3 Å². The van der Waals surface area contributed by atoms with Crippen molar-refractivity contribution < 1.29 is 18.3 Å². The van der Waals surface area contributed by atoms with Crippen LogP contribution < -0.4 is 5.73 Å². The summed E-state index contributed by atoms with van der Waals surface area (Å²) >= 11 is 0. The van der Waals surface area contributed by atoms with E-state index in [1.165, 1.54) is 11.8 Å². The molecule has 3 nitrogen and oxygen atoms in total. The molecule has 1 saturated carbocycles. The van der Waals surface area contributed by atoms with Gasteiger partial charge >= 0.3 is 6.18 Å². The summed E-state index contributed by atoms with van der Waals surface area (Å²) < 4.78 is 39.3. The fourth-order valence-corrected chi connectivity index (χ4v) is 3.69. The molecule has 2 fully saturated rings. The minimum absolute atomic E-state index is 0.0430. The average Bonchev–Trinajstić information content (AvgIpc) is 2.27. The molecule has 0 aromatic heterocycles. The first-order valence-electron chi connectivity index (χ1n) is 7.03. The molecule has 3 N–H and O–H groups in total. The maximum absolute atomic E-state index is 13.1. The number of nitrogens with zero attached hydrogens (tertiary/aromatic N) is 1. The van der Waals surface area contributed by atoms with Crippen molar-refractivity contribution in [2.45, 2.75) is 62.9 Å². The summed E-state index contributed by atoms with van der Waals surface area (Å²) in [5.74, 6) is -0.0430. The van der Waals surface area contributed by atoms with Crippen LogP contribution in [0.1, 0.15) is 39.0 Å². The predicted octanol–water partition coefficient (Wildman–Crippen LogP) is 1.89. The van der Waals surface area contributed by atoms with Crippen LogP contribution >= 0.6 is 0 Å². The highest BCUT2D eigenvalue weighted by atomic mass is 19.4. The zero-order valence-electron chi connectivity index (χ0n) is 11.3. The van der Waals surface area contributed by atoms with E-state index in [4.69, 9.17) is 5.73 Å². The van der Waals surface area contributed by atoms with Gasteiger partial charge in [0.1, 0.15) is 6.04 Å². The number of rotatable bonds is 2. The molecular weight excluding hydrogens is 257 g/mol. The lowest BCUT2D eigenvalue weighted by atomic mass is 9.71. The molecule has 2 rings (SSSR count). The Labute approximate surface area is 111 Å². The molecule has 0 amide bonds. The normalized spacial score (nSPS) is 36.6. The number of hydrogen-bond donors (Lipinski definition) is 2. The minimum Gasteiger partial charge on any atom is -0.390 e. The summed E-state index contributed by atoms with van der Waals surface area (Å²) in [5.41, 5.74) is 4.78. The monoisotopic (exact) mass is 280 g/mol. The molecule has 4 unspecified atom stereocenters. The van der Waals surface area contributed by atoms with Crippen molar-refractivity contribution in [3.05, 3.63) is 0 Å². The molecule has 1 aliphatic carbocycles. The van der Waals surface area contributed by atoms with Gasteiger partial charge in [-0.2, -0.15) is 13.2 Å². The van der Waals surface area contributed by atoms with Gasteiger partial charge in [-0.05, 0) is 26.2 Å². The fraction of sp³-hybridized carbons (Fsp3) is 1.00. The Balaban J connectivity index is 2.10. The SMILES string of the molecule is CC(N)C(N1CCC2(O)CCCCC2C1)C(F)(F)F. The minimum atomic E-state index is -4.31. The standard InChI is InChI=1S/C13H23F3N2O/c1-9(17)11(13(14,15)16)18-7-6-12(19)5-3-2-4-10(12)8-18/h9-11,19H,2-8,17H2,1H3. The number of fused-ring (bicyclic) bond motifs is 1. The summed E-state index contributed by atoms with van der Waals surface area (Å²) in [5, 5.41) is 10.5. The van der Waals surface area contributed by atoms with Crippen molar-refractivity contribution in [2.24, 2.45) is 11.7 Å². The van der Waals surface area contributed by atoms with Gasteiger partial charge in [0.2, 0.25) is 0 Å². The third-order valence-electron chi connectivity index (χ3n) is 4.69. The first-order valence-corrected chi connectivity index (χ1v) is 7.03. The number of nitrogens with two attached hydrogens (primary N) is 1. The number of hydrogen-bond acceptors (Lipinski definition) is 3. The van der Waals surface area contributed by atoms with Gasteiger partial charge in [0.05, 0.1) is 5.60 Å². The van der Waals surface area contributed by atoms with Crippen LogP contribution in [-0.2, 0) is 0 Å². The lowest BCUT2D eigenvalue weighted by Gasteiger charge is -2.50. The Kier molecular flexibility index (Phi) is 4.14. The Morgan fingerprint density at radius 1 is 1.32 bits per heavy atom. The molecule has 0 spiro atoms. The zero-order chi connectivity index (χ0) is 14.3. The quantitative estimate of drug-likeness (QED) is 0.812. The van der Waals surface area contributed by atoms with Crippen LogP contribution in [0.3, 0.4) is 0 Å². The smallest absolute Gasteiger partial charge is 0.390 e. The molecule has 19 heavy (non-hydrogen) atoms. The Hall–Kier alpha value is -0.330. The van der Waals surface area contributed by atoms with E-state index >= 15 is 0 Å². The lowest BCUT2D eigenvalue weighted by Crippen LogP contribution is -2.62. The van der Waals surface area contributed by atoms with Crippen molar-refractivity contribution in [1.29, 1.82) is 0 Å². The second kappa shape index (κ2) is 5.22. The molecule has 112 valence electrons. The predicted molar refractivity (Wildman–Crippen MR) is 66.6 cm³/mol.